The summed E-state index contributed by atoms with van der Waals surface area (Å²) >= 11 is 1.29. The molecule has 0 saturated carbocycles. The monoisotopic (exact) mass is 226 g/mol. The van der Waals surface area contributed by atoms with Gasteiger partial charge in [0.15, 0.2) is 5.78 Å². The van der Waals surface area contributed by atoms with E-state index in [0.29, 0.717) is 4.88 Å². The van der Waals surface area contributed by atoms with E-state index in [-0.39, 0.29) is 17.3 Å². The van der Waals surface area contributed by atoms with E-state index in [2.05, 4.69) is 0 Å². The number of rotatable bonds is 4. The first-order valence-electron chi connectivity index (χ1n) is 4.87. The van der Waals surface area contributed by atoms with Crippen molar-refractivity contribution in [3.8, 4) is 0 Å². The SMILES string of the molecule is CCc1cc(C(=O)O)c(C(=O)C(C)C)s1. The number of aromatic carboxylic acids is 1. The highest BCUT2D eigenvalue weighted by molar-refractivity contribution is 7.14. The van der Waals surface area contributed by atoms with Crippen molar-refractivity contribution in [1.29, 1.82) is 0 Å². The van der Waals surface area contributed by atoms with E-state index in [9.17, 15) is 9.59 Å². The van der Waals surface area contributed by atoms with Gasteiger partial charge in [-0.1, -0.05) is 20.8 Å². The standard InChI is InChI=1S/C11H14O3S/c1-4-7-5-8(11(13)14)10(15-7)9(12)6(2)3/h5-6H,4H2,1-3H3,(H,13,14). The van der Waals surface area contributed by atoms with E-state index in [4.69, 9.17) is 5.11 Å². The molecule has 0 fully saturated rings. The van der Waals surface area contributed by atoms with Crippen molar-refractivity contribution in [1.82, 2.24) is 0 Å². The third-order valence-electron chi connectivity index (χ3n) is 2.11. The maximum absolute atomic E-state index is 11.7. The Morgan fingerprint density at radius 2 is 2.07 bits per heavy atom. The molecule has 0 radical (unpaired) electrons. The second-order valence-electron chi connectivity index (χ2n) is 3.63. The molecule has 4 heteroatoms. The predicted molar refractivity (Wildman–Crippen MR) is 59.8 cm³/mol. The van der Waals surface area contributed by atoms with Gasteiger partial charge in [0.25, 0.3) is 0 Å². The van der Waals surface area contributed by atoms with Crippen LogP contribution in [0.25, 0.3) is 0 Å². The molecule has 15 heavy (non-hydrogen) atoms. The molecule has 0 unspecified atom stereocenters. The molecule has 1 aromatic heterocycles. The second kappa shape index (κ2) is 4.57. The summed E-state index contributed by atoms with van der Waals surface area (Å²) in [5, 5.41) is 8.96. The lowest BCUT2D eigenvalue weighted by atomic mass is 10.0. The van der Waals surface area contributed by atoms with E-state index in [1.54, 1.807) is 19.9 Å². The molecule has 0 aliphatic carbocycles. The molecule has 1 N–H and O–H groups in total. The van der Waals surface area contributed by atoms with Gasteiger partial charge in [-0.25, -0.2) is 4.79 Å². The number of Topliss-reactive ketones (excluding diaryl/α,β-unsaturated/α-hetero) is 1. The first-order chi connectivity index (χ1) is 6.97. The molecule has 0 amide bonds. The van der Waals surface area contributed by atoms with Gasteiger partial charge in [0.2, 0.25) is 0 Å². The van der Waals surface area contributed by atoms with Crippen LogP contribution in [0, 0.1) is 5.92 Å². The summed E-state index contributed by atoms with van der Waals surface area (Å²) in [6.07, 6.45) is 0.760. The normalized spacial score (nSPS) is 10.7. The first-order valence-corrected chi connectivity index (χ1v) is 5.69. The summed E-state index contributed by atoms with van der Waals surface area (Å²) in [7, 11) is 0. The van der Waals surface area contributed by atoms with Gasteiger partial charge in [0.05, 0.1) is 10.4 Å². The van der Waals surface area contributed by atoms with Crippen LogP contribution < -0.4 is 0 Å². The molecule has 0 aromatic carbocycles. The molecule has 1 aromatic rings. The molecule has 0 spiro atoms. The van der Waals surface area contributed by atoms with Crippen LogP contribution >= 0.6 is 11.3 Å². The average molecular weight is 226 g/mol. The molecule has 0 aliphatic heterocycles. The fourth-order valence-corrected chi connectivity index (χ4v) is 2.40. The molecule has 0 saturated heterocycles. The predicted octanol–water partition coefficient (Wildman–Crippen LogP) is 2.85. The molecule has 3 nitrogen and oxygen atoms in total. The molecular formula is C11H14O3S. The number of carboxylic acid groups (broad SMARTS) is 1. The van der Waals surface area contributed by atoms with Crippen molar-refractivity contribution in [2.45, 2.75) is 27.2 Å². The maximum Gasteiger partial charge on any atom is 0.337 e. The smallest absolute Gasteiger partial charge is 0.337 e. The van der Waals surface area contributed by atoms with Gasteiger partial charge in [-0.3, -0.25) is 4.79 Å². The third kappa shape index (κ3) is 2.45. The van der Waals surface area contributed by atoms with Crippen molar-refractivity contribution in [3.05, 3.63) is 21.4 Å². The summed E-state index contributed by atoms with van der Waals surface area (Å²) in [4.78, 5) is 24.0. The van der Waals surface area contributed by atoms with Gasteiger partial charge >= 0.3 is 5.97 Å². The minimum absolute atomic E-state index is 0.0860. The summed E-state index contributed by atoms with van der Waals surface area (Å²) in [5.74, 6) is -1.27. The number of carboxylic acids is 1. The summed E-state index contributed by atoms with van der Waals surface area (Å²) < 4.78 is 0. The van der Waals surface area contributed by atoms with E-state index < -0.39 is 5.97 Å². The van der Waals surface area contributed by atoms with Crippen LogP contribution in [0.3, 0.4) is 0 Å². The Labute approximate surface area is 92.7 Å². The Morgan fingerprint density at radius 3 is 2.47 bits per heavy atom. The topological polar surface area (TPSA) is 54.4 Å². The quantitative estimate of drug-likeness (QED) is 0.803. The minimum atomic E-state index is -1.02. The number of hydrogen-bond acceptors (Lipinski definition) is 3. The summed E-state index contributed by atoms with van der Waals surface area (Å²) in [6.45, 7) is 5.50. The lowest BCUT2D eigenvalue weighted by Crippen LogP contribution is -2.10. The highest BCUT2D eigenvalue weighted by Gasteiger charge is 2.22. The van der Waals surface area contributed by atoms with E-state index in [1.165, 1.54) is 11.3 Å². The second-order valence-corrected chi connectivity index (χ2v) is 4.77. The Kier molecular flexibility index (Phi) is 3.63. The number of aryl methyl sites for hydroxylation is 1. The Balaban J connectivity index is 3.20. The van der Waals surface area contributed by atoms with Crippen molar-refractivity contribution < 1.29 is 14.7 Å². The van der Waals surface area contributed by atoms with E-state index in [1.807, 2.05) is 6.92 Å². The fraction of sp³-hybridized carbons (Fsp3) is 0.455. The molecule has 0 atom stereocenters. The van der Waals surface area contributed by atoms with Crippen LogP contribution in [-0.4, -0.2) is 16.9 Å². The zero-order valence-electron chi connectivity index (χ0n) is 9.03. The number of carbonyl (C=O) groups excluding carboxylic acids is 1. The average Bonchev–Trinajstić information content (AvgIpc) is 2.60. The van der Waals surface area contributed by atoms with Crippen molar-refractivity contribution in [3.63, 3.8) is 0 Å². The zero-order valence-corrected chi connectivity index (χ0v) is 9.85. The first kappa shape index (κ1) is 11.9. The van der Waals surface area contributed by atoms with Crippen LogP contribution in [0.5, 0.6) is 0 Å². The lowest BCUT2D eigenvalue weighted by molar-refractivity contribution is 0.0692. The minimum Gasteiger partial charge on any atom is -0.478 e. The van der Waals surface area contributed by atoms with Crippen LogP contribution in [0.2, 0.25) is 0 Å². The maximum atomic E-state index is 11.7. The lowest BCUT2D eigenvalue weighted by Gasteiger charge is -2.01. The van der Waals surface area contributed by atoms with Crippen molar-refractivity contribution >= 4 is 23.1 Å². The molecular weight excluding hydrogens is 212 g/mol. The van der Waals surface area contributed by atoms with Crippen LogP contribution in [-0.2, 0) is 6.42 Å². The van der Waals surface area contributed by atoms with Crippen LogP contribution in [0.4, 0.5) is 0 Å². The van der Waals surface area contributed by atoms with E-state index in [0.717, 1.165) is 11.3 Å². The summed E-state index contributed by atoms with van der Waals surface area (Å²) in [6, 6.07) is 1.60. The summed E-state index contributed by atoms with van der Waals surface area (Å²) in [5.41, 5.74) is 0.149. The van der Waals surface area contributed by atoms with Crippen LogP contribution in [0.15, 0.2) is 6.07 Å². The fourth-order valence-electron chi connectivity index (χ4n) is 1.22. The number of carbonyl (C=O) groups is 2. The molecule has 82 valence electrons. The number of hydrogen-bond donors (Lipinski definition) is 1. The largest absolute Gasteiger partial charge is 0.478 e. The van der Waals surface area contributed by atoms with Gasteiger partial charge in [0, 0.05) is 10.8 Å². The number of thiophene rings is 1. The van der Waals surface area contributed by atoms with Gasteiger partial charge in [-0.05, 0) is 12.5 Å². The highest BCUT2D eigenvalue weighted by atomic mass is 32.1. The third-order valence-corrected chi connectivity index (χ3v) is 3.40. The van der Waals surface area contributed by atoms with E-state index >= 15 is 0 Å². The van der Waals surface area contributed by atoms with Gasteiger partial charge < -0.3 is 5.11 Å². The van der Waals surface area contributed by atoms with Gasteiger partial charge in [-0.15, -0.1) is 11.3 Å². The van der Waals surface area contributed by atoms with Gasteiger partial charge in [-0.2, -0.15) is 0 Å². The zero-order chi connectivity index (χ0) is 11.6. The van der Waals surface area contributed by atoms with Crippen molar-refractivity contribution in [2.75, 3.05) is 0 Å². The Hall–Kier alpha value is -1.16. The highest BCUT2D eigenvalue weighted by Crippen LogP contribution is 2.25. The molecule has 0 bridgehead atoms. The molecule has 0 aliphatic rings. The molecule has 1 heterocycles. The molecule has 1 rings (SSSR count). The van der Waals surface area contributed by atoms with Gasteiger partial charge in [0.1, 0.15) is 0 Å². The van der Waals surface area contributed by atoms with Crippen molar-refractivity contribution in [2.24, 2.45) is 5.92 Å². The number of ketones is 1. The Morgan fingerprint density at radius 1 is 1.47 bits per heavy atom. The van der Waals surface area contributed by atoms with Crippen LogP contribution in [0.1, 0.15) is 45.7 Å². The Bertz CT molecular complexity index is 391.